The molecular formula is C32H31N3O6. The van der Waals surface area contributed by atoms with Gasteiger partial charge in [0.2, 0.25) is 0 Å². The van der Waals surface area contributed by atoms with Gasteiger partial charge in [0, 0.05) is 11.8 Å². The number of phenols is 1. The van der Waals surface area contributed by atoms with E-state index >= 15 is 0 Å². The van der Waals surface area contributed by atoms with Crippen molar-refractivity contribution in [3.8, 4) is 17.2 Å². The van der Waals surface area contributed by atoms with Crippen LogP contribution in [0.25, 0.3) is 11.8 Å². The summed E-state index contributed by atoms with van der Waals surface area (Å²) in [6.45, 7) is 5.39. The number of benzene rings is 2. The molecular weight excluding hydrogens is 522 g/mol. The number of methoxy groups -OCH3 is 1. The van der Waals surface area contributed by atoms with E-state index in [9.17, 15) is 24.3 Å². The third-order valence-corrected chi connectivity index (χ3v) is 9.21. The van der Waals surface area contributed by atoms with Crippen LogP contribution in [0.2, 0.25) is 0 Å². The van der Waals surface area contributed by atoms with Crippen LogP contribution in [0.1, 0.15) is 38.8 Å². The van der Waals surface area contributed by atoms with E-state index < -0.39 is 34.7 Å². The Morgan fingerprint density at radius 1 is 1.00 bits per heavy atom. The third kappa shape index (κ3) is 3.75. The summed E-state index contributed by atoms with van der Waals surface area (Å²) in [6, 6.07) is 13.1. The number of hydrogen-bond acceptors (Lipinski definition) is 6. The van der Waals surface area contributed by atoms with Gasteiger partial charge in [-0.25, -0.2) is 23.5 Å². The van der Waals surface area contributed by atoms with Gasteiger partial charge >= 0.3 is 11.4 Å². The van der Waals surface area contributed by atoms with E-state index in [1.165, 1.54) is 22.5 Å². The van der Waals surface area contributed by atoms with E-state index in [4.69, 9.17) is 4.74 Å². The number of ketones is 2. The summed E-state index contributed by atoms with van der Waals surface area (Å²) in [5, 5.41) is 10.0. The van der Waals surface area contributed by atoms with Gasteiger partial charge in [0.1, 0.15) is 0 Å². The minimum absolute atomic E-state index is 0.00830. The number of fused-ring (bicyclic) bond motifs is 4. The maximum Gasteiger partial charge on any atom is 0.352 e. The Balaban J connectivity index is 1.53. The van der Waals surface area contributed by atoms with Crippen molar-refractivity contribution in [2.45, 2.75) is 39.8 Å². The van der Waals surface area contributed by atoms with E-state index in [1.54, 1.807) is 50.2 Å². The quantitative estimate of drug-likeness (QED) is 0.492. The Morgan fingerprint density at radius 2 is 1.73 bits per heavy atom. The van der Waals surface area contributed by atoms with Gasteiger partial charge in [0.15, 0.2) is 23.1 Å². The van der Waals surface area contributed by atoms with Crippen LogP contribution >= 0.6 is 0 Å². The SMILES string of the molecule is COc1cc(C=C[C@H]2C3=CCn4c(=O)n(-c5ccccc5)c(=O)n4[C@@H]3C[C@H]3C(=O)C(C)=C(C)C(=O)[C@@]23C)ccc1O. The third-order valence-electron chi connectivity index (χ3n) is 9.21. The number of carbonyl (C=O) groups is 2. The molecule has 0 spiro atoms. The zero-order chi connectivity index (χ0) is 29.2. The molecule has 0 radical (unpaired) electrons. The fraction of sp³-hybridized carbons (Fsp3) is 0.312. The molecule has 3 aromatic rings. The molecule has 1 N–H and O–H groups in total. The molecule has 1 aliphatic heterocycles. The van der Waals surface area contributed by atoms with Crippen molar-refractivity contribution in [1.82, 2.24) is 13.9 Å². The van der Waals surface area contributed by atoms with Crippen LogP contribution in [-0.4, -0.2) is 37.7 Å². The van der Waals surface area contributed by atoms with Crippen molar-refractivity contribution < 1.29 is 19.4 Å². The summed E-state index contributed by atoms with van der Waals surface area (Å²) < 4.78 is 9.29. The summed E-state index contributed by atoms with van der Waals surface area (Å²) in [7, 11) is 1.47. The number of phenolic OH excluding ortho intramolecular Hbond substituents is 1. The van der Waals surface area contributed by atoms with Crippen molar-refractivity contribution in [2.24, 2.45) is 17.3 Å². The highest BCUT2D eigenvalue weighted by Crippen LogP contribution is 2.57. The van der Waals surface area contributed by atoms with Gasteiger partial charge in [-0.15, -0.1) is 0 Å². The van der Waals surface area contributed by atoms with Crippen LogP contribution in [0.4, 0.5) is 0 Å². The largest absolute Gasteiger partial charge is 0.504 e. The van der Waals surface area contributed by atoms with Gasteiger partial charge in [0.05, 0.1) is 30.8 Å². The number of Topliss-reactive ketones (excluding diaryl/α,β-unsaturated/α-hetero) is 2. The molecule has 2 aromatic carbocycles. The van der Waals surface area contributed by atoms with Crippen LogP contribution in [0.5, 0.6) is 11.5 Å². The minimum atomic E-state index is -1.07. The van der Waals surface area contributed by atoms with Crippen molar-refractivity contribution in [2.75, 3.05) is 7.11 Å². The number of aromatic hydroxyl groups is 1. The van der Waals surface area contributed by atoms with Gasteiger partial charge in [-0.3, -0.25) is 9.59 Å². The van der Waals surface area contributed by atoms with E-state index in [-0.39, 0.29) is 30.3 Å². The van der Waals surface area contributed by atoms with Crippen molar-refractivity contribution in [3.63, 3.8) is 0 Å². The fourth-order valence-electron chi connectivity index (χ4n) is 6.85. The first-order chi connectivity index (χ1) is 19.6. The van der Waals surface area contributed by atoms with Gasteiger partial charge in [-0.1, -0.05) is 49.4 Å². The highest BCUT2D eigenvalue weighted by atomic mass is 16.5. The topological polar surface area (TPSA) is 113 Å². The standard InChI is InChI=1S/C32H31N3O6/c1-18-19(2)29(38)32(3)23(12-10-20-11-13-26(36)27(16-20)41-4)22-14-15-33-30(39)34(21-8-6-5-7-9-21)31(40)35(33)25(22)17-24(32)28(18)37/h5-14,16,23-25,36H,15,17H2,1-4H3/t23-,24-,25+,32-/m0/s1. The number of carbonyl (C=O) groups excluding carboxylic acids is 2. The van der Waals surface area contributed by atoms with Gasteiger partial charge in [0.25, 0.3) is 0 Å². The minimum Gasteiger partial charge on any atom is -0.504 e. The number of nitrogens with zero attached hydrogens (tertiary/aromatic N) is 3. The summed E-state index contributed by atoms with van der Waals surface area (Å²) in [5.41, 5.74) is 0.919. The lowest BCUT2D eigenvalue weighted by molar-refractivity contribution is -0.141. The molecule has 6 rings (SSSR count). The van der Waals surface area contributed by atoms with Gasteiger partial charge < -0.3 is 9.84 Å². The lowest BCUT2D eigenvalue weighted by Crippen LogP contribution is -2.56. The van der Waals surface area contributed by atoms with Crippen LogP contribution < -0.4 is 16.1 Å². The maximum absolute atomic E-state index is 14.0. The monoisotopic (exact) mass is 553 g/mol. The van der Waals surface area contributed by atoms with E-state index in [0.717, 1.165) is 15.7 Å². The molecule has 1 saturated carbocycles. The molecule has 9 heteroatoms. The van der Waals surface area contributed by atoms with Crippen molar-refractivity contribution in [3.05, 3.63) is 104 Å². The lowest BCUT2D eigenvalue weighted by Gasteiger charge is -2.52. The molecule has 1 aromatic heterocycles. The first-order valence-electron chi connectivity index (χ1n) is 13.6. The molecule has 0 unspecified atom stereocenters. The number of aromatic nitrogens is 3. The predicted octanol–water partition coefficient (Wildman–Crippen LogP) is 3.84. The van der Waals surface area contributed by atoms with Crippen LogP contribution in [0.15, 0.2) is 87.0 Å². The molecule has 0 bridgehead atoms. The Hall–Kier alpha value is -4.66. The smallest absolute Gasteiger partial charge is 0.352 e. The molecule has 4 atom stereocenters. The zero-order valence-electron chi connectivity index (χ0n) is 23.3. The van der Waals surface area contributed by atoms with Gasteiger partial charge in [-0.2, -0.15) is 0 Å². The summed E-state index contributed by atoms with van der Waals surface area (Å²) in [4.78, 5) is 55.0. The van der Waals surface area contributed by atoms with Crippen molar-refractivity contribution >= 4 is 17.6 Å². The van der Waals surface area contributed by atoms with Crippen molar-refractivity contribution in [1.29, 1.82) is 0 Å². The fourth-order valence-corrected chi connectivity index (χ4v) is 6.85. The van der Waals surface area contributed by atoms with Crippen LogP contribution in [0.3, 0.4) is 0 Å². The second-order valence-electron chi connectivity index (χ2n) is 11.2. The zero-order valence-corrected chi connectivity index (χ0v) is 23.3. The number of hydrogen-bond donors (Lipinski definition) is 1. The Bertz CT molecular complexity index is 1820. The molecule has 2 aliphatic carbocycles. The Labute approximate surface area is 236 Å². The molecule has 210 valence electrons. The summed E-state index contributed by atoms with van der Waals surface area (Å²) >= 11 is 0. The average Bonchev–Trinajstić information content (AvgIpc) is 3.24. The van der Waals surface area contributed by atoms with E-state index in [1.807, 2.05) is 31.2 Å². The number of allylic oxidation sites excluding steroid dienone is 5. The molecule has 2 heterocycles. The molecule has 3 aliphatic rings. The Morgan fingerprint density at radius 3 is 2.44 bits per heavy atom. The average molecular weight is 554 g/mol. The molecule has 9 nitrogen and oxygen atoms in total. The number of para-hydroxylation sites is 1. The van der Waals surface area contributed by atoms with E-state index in [2.05, 4.69) is 0 Å². The van der Waals surface area contributed by atoms with E-state index in [0.29, 0.717) is 22.6 Å². The Kier molecular flexibility index (Phi) is 6.13. The first-order valence-corrected chi connectivity index (χ1v) is 13.6. The predicted molar refractivity (Wildman–Crippen MR) is 153 cm³/mol. The first kappa shape index (κ1) is 26.6. The number of rotatable bonds is 4. The van der Waals surface area contributed by atoms with Crippen LogP contribution in [0, 0.1) is 17.3 Å². The van der Waals surface area contributed by atoms with Gasteiger partial charge in [-0.05, 0) is 66.8 Å². The molecule has 1 fully saturated rings. The molecule has 41 heavy (non-hydrogen) atoms. The second kappa shape index (κ2) is 9.47. The molecule has 0 amide bonds. The molecule has 0 saturated heterocycles. The second-order valence-corrected chi connectivity index (χ2v) is 11.2. The summed E-state index contributed by atoms with van der Waals surface area (Å²) in [6.07, 6.45) is 5.90. The van der Waals surface area contributed by atoms with Crippen LogP contribution in [-0.2, 0) is 16.1 Å². The highest BCUT2D eigenvalue weighted by molar-refractivity contribution is 6.15. The number of ether oxygens (including phenoxy) is 1. The maximum atomic E-state index is 14.0. The lowest BCUT2D eigenvalue weighted by atomic mass is 9.51. The summed E-state index contributed by atoms with van der Waals surface area (Å²) in [5.74, 6) is -1.09. The normalized spacial score (nSPS) is 25.6. The highest BCUT2D eigenvalue weighted by Gasteiger charge is 2.59.